The molecule has 2 aromatic carbocycles. The molecule has 0 amide bonds. The van der Waals surface area contributed by atoms with E-state index in [2.05, 4.69) is 0 Å². The molecular weight excluding hydrogens is 386 g/mol. The molecule has 0 aromatic heterocycles. The molecule has 0 radical (unpaired) electrons. The van der Waals surface area contributed by atoms with Crippen LogP contribution in [-0.2, 0) is 24.3 Å². The molecular formula is C19H23NO5S2. The second-order valence-corrected chi connectivity index (χ2v) is 10.3. The van der Waals surface area contributed by atoms with Crippen molar-refractivity contribution in [3.63, 3.8) is 0 Å². The van der Waals surface area contributed by atoms with E-state index in [1.165, 1.54) is 16.4 Å². The zero-order valence-electron chi connectivity index (χ0n) is 15.3. The molecule has 1 unspecified atom stereocenters. The van der Waals surface area contributed by atoms with Gasteiger partial charge in [-0.1, -0.05) is 35.4 Å². The highest BCUT2D eigenvalue weighted by molar-refractivity contribution is 7.89. The van der Waals surface area contributed by atoms with Crippen molar-refractivity contribution < 1.29 is 21.0 Å². The Morgan fingerprint density at radius 2 is 1.37 bits per heavy atom. The van der Waals surface area contributed by atoms with Gasteiger partial charge in [-0.15, -0.1) is 0 Å². The van der Waals surface area contributed by atoms with Gasteiger partial charge in [-0.3, -0.25) is 4.18 Å². The minimum absolute atomic E-state index is 0.0152. The van der Waals surface area contributed by atoms with Crippen molar-refractivity contribution in [1.29, 1.82) is 0 Å². The lowest BCUT2D eigenvalue weighted by Gasteiger charge is -2.31. The molecule has 3 rings (SSSR count). The first-order chi connectivity index (χ1) is 12.7. The number of rotatable bonds is 5. The van der Waals surface area contributed by atoms with Gasteiger partial charge in [-0.2, -0.15) is 12.7 Å². The number of sulfonamides is 1. The van der Waals surface area contributed by atoms with Crippen molar-refractivity contribution in [1.82, 2.24) is 4.31 Å². The van der Waals surface area contributed by atoms with Crippen LogP contribution in [0.25, 0.3) is 0 Å². The number of piperidine rings is 1. The van der Waals surface area contributed by atoms with E-state index in [9.17, 15) is 16.8 Å². The van der Waals surface area contributed by atoms with E-state index in [-0.39, 0.29) is 16.3 Å². The zero-order chi connectivity index (χ0) is 19.7. The zero-order valence-corrected chi connectivity index (χ0v) is 17.0. The standard InChI is InChI=1S/C19H23NO5S2/c1-15-5-9-18(10-6-15)26(21,22)20-13-3-4-17(14-20)25-27(23,24)19-11-7-16(2)8-12-19/h5-12,17H,3-4,13-14H2,1-2H3. The highest BCUT2D eigenvalue weighted by Crippen LogP contribution is 2.25. The summed E-state index contributed by atoms with van der Waals surface area (Å²) >= 11 is 0. The average Bonchev–Trinajstić information content (AvgIpc) is 2.62. The van der Waals surface area contributed by atoms with Crippen LogP contribution in [0, 0.1) is 13.8 Å². The molecule has 0 saturated carbocycles. The van der Waals surface area contributed by atoms with Crippen LogP contribution in [0.3, 0.4) is 0 Å². The summed E-state index contributed by atoms with van der Waals surface area (Å²) in [5.74, 6) is 0. The Labute approximate surface area is 161 Å². The van der Waals surface area contributed by atoms with Gasteiger partial charge in [-0.25, -0.2) is 8.42 Å². The average molecular weight is 410 g/mol. The normalized spacial score (nSPS) is 19.1. The molecule has 146 valence electrons. The number of nitrogens with zero attached hydrogens (tertiary/aromatic N) is 1. The summed E-state index contributed by atoms with van der Waals surface area (Å²) in [6, 6.07) is 13.0. The third-order valence-electron chi connectivity index (χ3n) is 4.57. The van der Waals surface area contributed by atoms with Crippen molar-refractivity contribution in [2.24, 2.45) is 0 Å². The second-order valence-electron chi connectivity index (χ2n) is 6.80. The van der Waals surface area contributed by atoms with Gasteiger partial charge in [0.15, 0.2) is 0 Å². The molecule has 0 bridgehead atoms. The first kappa shape index (κ1) is 20.0. The molecule has 1 saturated heterocycles. The van der Waals surface area contributed by atoms with Crippen molar-refractivity contribution >= 4 is 20.1 Å². The highest BCUT2D eigenvalue weighted by Gasteiger charge is 2.33. The molecule has 1 aliphatic heterocycles. The van der Waals surface area contributed by atoms with Crippen LogP contribution < -0.4 is 0 Å². The van der Waals surface area contributed by atoms with E-state index in [0.29, 0.717) is 19.4 Å². The summed E-state index contributed by atoms with van der Waals surface area (Å²) in [5, 5.41) is 0. The van der Waals surface area contributed by atoms with Gasteiger partial charge >= 0.3 is 0 Å². The summed E-state index contributed by atoms with van der Waals surface area (Å²) in [4.78, 5) is 0.279. The van der Waals surface area contributed by atoms with Gasteiger partial charge in [0.05, 0.1) is 15.9 Å². The van der Waals surface area contributed by atoms with E-state index in [1.807, 2.05) is 13.8 Å². The fourth-order valence-corrected chi connectivity index (χ4v) is 5.61. The van der Waals surface area contributed by atoms with Crippen molar-refractivity contribution in [3.8, 4) is 0 Å². The Balaban J connectivity index is 1.76. The van der Waals surface area contributed by atoms with Crippen LogP contribution in [0.15, 0.2) is 58.3 Å². The van der Waals surface area contributed by atoms with E-state index in [1.54, 1.807) is 36.4 Å². The van der Waals surface area contributed by atoms with E-state index in [4.69, 9.17) is 4.18 Å². The first-order valence-electron chi connectivity index (χ1n) is 8.75. The van der Waals surface area contributed by atoms with E-state index in [0.717, 1.165) is 11.1 Å². The first-order valence-corrected chi connectivity index (χ1v) is 11.6. The SMILES string of the molecule is Cc1ccc(S(=O)(=O)OC2CCCN(S(=O)(=O)c3ccc(C)cc3)C2)cc1. The molecule has 0 N–H and O–H groups in total. The largest absolute Gasteiger partial charge is 0.297 e. The maximum Gasteiger partial charge on any atom is 0.297 e. The van der Waals surface area contributed by atoms with Gasteiger partial charge in [-0.05, 0) is 51.0 Å². The Morgan fingerprint density at radius 3 is 1.93 bits per heavy atom. The van der Waals surface area contributed by atoms with Gasteiger partial charge in [0.1, 0.15) is 0 Å². The summed E-state index contributed by atoms with van der Waals surface area (Å²) < 4.78 is 57.3. The predicted molar refractivity (Wildman–Crippen MR) is 102 cm³/mol. The molecule has 1 fully saturated rings. The molecule has 6 nitrogen and oxygen atoms in total. The molecule has 1 heterocycles. The molecule has 0 spiro atoms. The lowest BCUT2D eigenvalue weighted by Crippen LogP contribution is -2.43. The highest BCUT2D eigenvalue weighted by atomic mass is 32.2. The van der Waals surface area contributed by atoms with Crippen LogP contribution in [0.2, 0.25) is 0 Å². The maximum atomic E-state index is 12.8. The summed E-state index contributed by atoms with van der Waals surface area (Å²) in [6.07, 6.45) is 0.328. The van der Waals surface area contributed by atoms with Crippen LogP contribution in [0.1, 0.15) is 24.0 Å². The van der Waals surface area contributed by atoms with Crippen LogP contribution in [0.4, 0.5) is 0 Å². The van der Waals surface area contributed by atoms with Crippen molar-refractivity contribution in [2.45, 2.75) is 42.6 Å². The molecule has 27 heavy (non-hydrogen) atoms. The molecule has 0 aliphatic carbocycles. The third-order valence-corrected chi connectivity index (χ3v) is 7.83. The number of aryl methyl sites for hydroxylation is 2. The van der Waals surface area contributed by atoms with Crippen LogP contribution in [-0.4, -0.2) is 40.3 Å². The summed E-state index contributed by atoms with van der Waals surface area (Å²) in [7, 11) is -7.62. The lowest BCUT2D eigenvalue weighted by molar-refractivity contribution is 0.136. The fraction of sp³-hybridized carbons (Fsp3) is 0.368. The van der Waals surface area contributed by atoms with Gasteiger partial charge in [0.25, 0.3) is 10.1 Å². The van der Waals surface area contributed by atoms with Gasteiger partial charge in [0.2, 0.25) is 10.0 Å². The minimum atomic E-state index is -3.94. The Hall–Kier alpha value is -1.74. The van der Waals surface area contributed by atoms with Crippen molar-refractivity contribution in [3.05, 3.63) is 59.7 Å². The monoisotopic (exact) mass is 409 g/mol. The maximum absolute atomic E-state index is 12.8. The van der Waals surface area contributed by atoms with Crippen LogP contribution in [0.5, 0.6) is 0 Å². The second kappa shape index (κ2) is 7.71. The van der Waals surface area contributed by atoms with Crippen LogP contribution >= 0.6 is 0 Å². The van der Waals surface area contributed by atoms with Crippen molar-refractivity contribution in [2.75, 3.05) is 13.1 Å². The third kappa shape index (κ3) is 4.57. The molecule has 1 aliphatic rings. The smallest absolute Gasteiger partial charge is 0.262 e. The number of benzene rings is 2. The predicted octanol–water partition coefficient (Wildman–Crippen LogP) is 2.86. The number of hydrogen-bond donors (Lipinski definition) is 0. The molecule has 8 heteroatoms. The van der Waals surface area contributed by atoms with Gasteiger partial charge < -0.3 is 0 Å². The summed E-state index contributed by atoms with van der Waals surface area (Å²) in [5.41, 5.74) is 1.92. The fourth-order valence-electron chi connectivity index (χ4n) is 3.00. The number of hydrogen-bond acceptors (Lipinski definition) is 5. The van der Waals surface area contributed by atoms with E-state index < -0.39 is 26.2 Å². The lowest BCUT2D eigenvalue weighted by atomic mass is 10.1. The molecule has 1 atom stereocenters. The topological polar surface area (TPSA) is 80.8 Å². The Kier molecular flexibility index (Phi) is 5.71. The quantitative estimate of drug-likeness (QED) is 0.710. The van der Waals surface area contributed by atoms with E-state index >= 15 is 0 Å². The van der Waals surface area contributed by atoms with Gasteiger partial charge in [0, 0.05) is 13.1 Å². The Bertz CT molecular complexity index is 997. The Morgan fingerprint density at radius 1 is 0.852 bits per heavy atom. The minimum Gasteiger partial charge on any atom is -0.262 e. The molecule has 2 aromatic rings. The summed E-state index contributed by atoms with van der Waals surface area (Å²) in [6.45, 7) is 4.12.